The van der Waals surface area contributed by atoms with Crippen LogP contribution in [-0.2, 0) is 9.53 Å². The number of carbonyl (C=O) groups excluding carboxylic acids is 1. The molecule has 1 unspecified atom stereocenters. The average Bonchev–Trinajstić information content (AvgIpc) is 1.99. The summed E-state index contributed by atoms with van der Waals surface area (Å²) in [6.07, 6.45) is -0.628. The van der Waals surface area contributed by atoms with Gasteiger partial charge in [-0.25, -0.2) is 0 Å². The molecule has 0 saturated heterocycles. The number of hydrogen-bond acceptors (Lipinski definition) is 3. The second-order valence-electron chi connectivity index (χ2n) is 4.07. The first-order chi connectivity index (χ1) is 5.88. The van der Waals surface area contributed by atoms with Crippen LogP contribution < -0.4 is 5.32 Å². The molecule has 0 saturated carbocycles. The lowest BCUT2D eigenvalue weighted by molar-refractivity contribution is -0.129. The standard InChI is InChI=1S/C9H19NO3/c1-9(2,3)8(12)10-5-7(11)6-13-4/h7,11H,5-6H2,1-4H3,(H,10,12). The number of hydrogen-bond donors (Lipinski definition) is 2. The van der Waals surface area contributed by atoms with E-state index in [9.17, 15) is 9.90 Å². The summed E-state index contributed by atoms with van der Waals surface area (Å²) in [5.41, 5.74) is -0.410. The fourth-order valence-electron chi connectivity index (χ4n) is 0.727. The van der Waals surface area contributed by atoms with Gasteiger partial charge in [0.05, 0.1) is 12.7 Å². The fraction of sp³-hybridized carbons (Fsp3) is 0.889. The van der Waals surface area contributed by atoms with Gasteiger partial charge in [-0.1, -0.05) is 20.8 Å². The van der Waals surface area contributed by atoms with Gasteiger partial charge in [-0.15, -0.1) is 0 Å². The van der Waals surface area contributed by atoms with Crippen molar-refractivity contribution in [1.29, 1.82) is 0 Å². The Morgan fingerprint density at radius 2 is 2.08 bits per heavy atom. The Hall–Kier alpha value is -0.610. The summed E-state index contributed by atoms with van der Waals surface area (Å²) in [4.78, 5) is 11.3. The summed E-state index contributed by atoms with van der Waals surface area (Å²) in [7, 11) is 1.51. The van der Waals surface area contributed by atoms with Crippen LogP contribution >= 0.6 is 0 Å². The van der Waals surface area contributed by atoms with Gasteiger partial charge in [-0.3, -0.25) is 4.79 Å². The Morgan fingerprint density at radius 3 is 2.46 bits per heavy atom. The lowest BCUT2D eigenvalue weighted by atomic mass is 9.96. The van der Waals surface area contributed by atoms with Crippen molar-refractivity contribution in [2.75, 3.05) is 20.3 Å². The second kappa shape index (κ2) is 5.19. The van der Waals surface area contributed by atoms with Crippen LogP contribution in [0.2, 0.25) is 0 Å². The summed E-state index contributed by atoms with van der Waals surface area (Å²) >= 11 is 0. The Balaban J connectivity index is 3.71. The van der Waals surface area contributed by atoms with Gasteiger partial charge < -0.3 is 15.2 Å². The van der Waals surface area contributed by atoms with Crippen molar-refractivity contribution in [3.63, 3.8) is 0 Å². The van der Waals surface area contributed by atoms with E-state index in [0.29, 0.717) is 0 Å². The van der Waals surface area contributed by atoms with Gasteiger partial charge in [-0.2, -0.15) is 0 Å². The lowest BCUT2D eigenvalue weighted by Crippen LogP contribution is -2.40. The van der Waals surface area contributed by atoms with Crippen molar-refractivity contribution < 1.29 is 14.6 Å². The van der Waals surface area contributed by atoms with E-state index in [2.05, 4.69) is 5.32 Å². The molecule has 4 nitrogen and oxygen atoms in total. The average molecular weight is 189 g/mol. The smallest absolute Gasteiger partial charge is 0.225 e. The molecular weight excluding hydrogens is 170 g/mol. The van der Waals surface area contributed by atoms with Gasteiger partial charge in [0.1, 0.15) is 0 Å². The molecule has 0 bridgehead atoms. The predicted octanol–water partition coefficient (Wildman–Crippen LogP) is 0.156. The van der Waals surface area contributed by atoms with Crippen LogP contribution in [0, 0.1) is 5.41 Å². The van der Waals surface area contributed by atoms with Gasteiger partial charge >= 0.3 is 0 Å². The minimum Gasteiger partial charge on any atom is -0.389 e. The van der Waals surface area contributed by atoms with E-state index >= 15 is 0 Å². The van der Waals surface area contributed by atoms with Crippen LogP contribution in [0.1, 0.15) is 20.8 Å². The molecule has 0 spiro atoms. The predicted molar refractivity (Wildman–Crippen MR) is 50.3 cm³/mol. The summed E-state index contributed by atoms with van der Waals surface area (Å²) in [6, 6.07) is 0. The molecule has 0 aromatic heterocycles. The molecular formula is C9H19NO3. The SMILES string of the molecule is COCC(O)CNC(=O)C(C)(C)C. The molecule has 0 aliphatic rings. The Kier molecular flexibility index (Phi) is 4.95. The zero-order chi connectivity index (χ0) is 10.5. The highest BCUT2D eigenvalue weighted by Gasteiger charge is 2.21. The molecule has 0 heterocycles. The number of carbonyl (C=O) groups is 1. The second-order valence-corrected chi connectivity index (χ2v) is 4.07. The van der Waals surface area contributed by atoms with E-state index in [-0.39, 0.29) is 19.1 Å². The Morgan fingerprint density at radius 1 is 1.54 bits per heavy atom. The highest BCUT2D eigenvalue weighted by atomic mass is 16.5. The van der Waals surface area contributed by atoms with E-state index in [1.54, 1.807) is 0 Å². The van der Waals surface area contributed by atoms with Gasteiger partial charge in [0.15, 0.2) is 0 Å². The van der Waals surface area contributed by atoms with E-state index in [4.69, 9.17) is 4.74 Å². The number of amides is 1. The van der Waals surface area contributed by atoms with Gasteiger partial charge in [0, 0.05) is 19.1 Å². The van der Waals surface area contributed by atoms with E-state index < -0.39 is 11.5 Å². The van der Waals surface area contributed by atoms with E-state index in [1.807, 2.05) is 20.8 Å². The van der Waals surface area contributed by atoms with E-state index in [0.717, 1.165) is 0 Å². The van der Waals surface area contributed by atoms with Gasteiger partial charge in [0.2, 0.25) is 5.91 Å². The maximum absolute atomic E-state index is 11.3. The molecule has 0 fully saturated rings. The molecule has 0 aromatic rings. The normalized spacial score (nSPS) is 13.9. The highest BCUT2D eigenvalue weighted by Crippen LogP contribution is 2.11. The molecule has 0 radical (unpaired) electrons. The van der Waals surface area contributed by atoms with Crippen LogP contribution in [-0.4, -0.2) is 37.4 Å². The molecule has 78 valence electrons. The summed E-state index contributed by atoms with van der Waals surface area (Å²) in [5.74, 6) is -0.0670. The van der Waals surface area contributed by atoms with E-state index in [1.165, 1.54) is 7.11 Å². The number of aliphatic hydroxyl groups is 1. The van der Waals surface area contributed by atoms with Crippen molar-refractivity contribution in [1.82, 2.24) is 5.32 Å². The number of methoxy groups -OCH3 is 1. The van der Waals surface area contributed by atoms with Crippen LogP contribution in [0.5, 0.6) is 0 Å². The largest absolute Gasteiger partial charge is 0.389 e. The third kappa shape index (κ3) is 5.60. The molecule has 1 amide bonds. The first-order valence-corrected chi connectivity index (χ1v) is 4.33. The number of aliphatic hydroxyl groups excluding tert-OH is 1. The summed E-state index contributed by atoms with van der Waals surface area (Å²) in [5, 5.41) is 11.9. The lowest BCUT2D eigenvalue weighted by Gasteiger charge is -2.19. The van der Waals surface area contributed by atoms with Crippen molar-refractivity contribution in [3.05, 3.63) is 0 Å². The zero-order valence-corrected chi connectivity index (χ0v) is 8.76. The monoisotopic (exact) mass is 189 g/mol. The van der Waals surface area contributed by atoms with Gasteiger partial charge in [-0.05, 0) is 0 Å². The summed E-state index contributed by atoms with van der Waals surface area (Å²) < 4.78 is 4.72. The summed E-state index contributed by atoms with van der Waals surface area (Å²) in [6.45, 7) is 5.95. The van der Waals surface area contributed by atoms with Crippen LogP contribution in [0.3, 0.4) is 0 Å². The van der Waals surface area contributed by atoms with Crippen LogP contribution in [0.15, 0.2) is 0 Å². The third-order valence-electron chi connectivity index (χ3n) is 1.54. The molecule has 4 heteroatoms. The number of nitrogens with one attached hydrogen (secondary N) is 1. The minimum absolute atomic E-state index is 0.0670. The minimum atomic E-state index is -0.628. The number of ether oxygens (including phenoxy) is 1. The molecule has 2 N–H and O–H groups in total. The topological polar surface area (TPSA) is 58.6 Å². The molecule has 0 aliphatic carbocycles. The highest BCUT2D eigenvalue weighted by molar-refractivity contribution is 5.81. The Bertz CT molecular complexity index is 163. The fourth-order valence-corrected chi connectivity index (χ4v) is 0.727. The van der Waals surface area contributed by atoms with Crippen molar-refractivity contribution in [2.45, 2.75) is 26.9 Å². The first kappa shape index (κ1) is 12.4. The first-order valence-electron chi connectivity index (χ1n) is 4.33. The zero-order valence-electron chi connectivity index (χ0n) is 8.76. The van der Waals surface area contributed by atoms with Crippen LogP contribution in [0.4, 0.5) is 0 Å². The molecule has 0 aliphatic heterocycles. The van der Waals surface area contributed by atoms with Crippen molar-refractivity contribution in [2.24, 2.45) is 5.41 Å². The van der Waals surface area contributed by atoms with Crippen LogP contribution in [0.25, 0.3) is 0 Å². The maximum Gasteiger partial charge on any atom is 0.225 e. The molecule has 0 rings (SSSR count). The number of rotatable bonds is 4. The quantitative estimate of drug-likeness (QED) is 0.662. The maximum atomic E-state index is 11.3. The van der Waals surface area contributed by atoms with Crippen molar-refractivity contribution >= 4 is 5.91 Å². The third-order valence-corrected chi connectivity index (χ3v) is 1.54. The molecule has 0 aromatic carbocycles. The van der Waals surface area contributed by atoms with Gasteiger partial charge in [0.25, 0.3) is 0 Å². The molecule has 1 atom stereocenters. The Labute approximate surface area is 79.3 Å². The van der Waals surface area contributed by atoms with Crippen molar-refractivity contribution in [3.8, 4) is 0 Å². The molecule has 13 heavy (non-hydrogen) atoms.